The molecule has 0 bridgehead atoms. The van der Waals surface area contributed by atoms with E-state index in [1.54, 1.807) is 20.8 Å². The van der Waals surface area contributed by atoms with Gasteiger partial charge in [0.1, 0.15) is 11.6 Å². The molecule has 10 heteroatoms. The van der Waals surface area contributed by atoms with E-state index in [4.69, 9.17) is 9.47 Å². The molecule has 0 saturated carbocycles. The molecule has 216 valence electrons. The Morgan fingerprint density at radius 3 is 2.21 bits per heavy atom. The molecule has 2 aliphatic rings. The number of carboxylic acids is 1. The third-order valence-corrected chi connectivity index (χ3v) is 7.20. The highest BCUT2D eigenvalue weighted by Gasteiger charge is 2.54. The highest BCUT2D eigenvalue weighted by atomic mass is 16.6. The summed E-state index contributed by atoms with van der Waals surface area (Å²) in [6.07, 6.45) is 0.740. The summed E-state index contributed by atoms with van der Waals surface area (Å²) in [5.41, 5.74) is -1.89. The second kappa shape index (κ2) is 11.7. The lowest BCUT2D eigenvalue weighted by Gasteiger charge is -2.39. The highest BCUT2D eigenvalue weighted by Crippen LogP contribution is 2.42. The van der Waals surface area contributed by atoms with Crippen LogP contribution < -0.4 is 5.32 Å². The zero-order valence-electron chi connectivity index (χ0n) is 24.4. The number of carbonyl (C=O) groups is 5. The largest absolute Gasteiger partial charge is 0.475 e. The van der Waals surface area contributed by atoms with Crippen molar-refractivity contribution in [2.24, 2.45) is 17.3 Å². The van der Waals surface area contributed by atoms with Gasteiger partial charge in [0.2, 0.25) is 11.7 Å². The minimum atomic E-state index is -1.56. The molecule has 2 fully saturated rings. The number of carbonyl (C=O) groups excluding carboxylic acids is 4. The molecule has 2 N–H and O–H groups in total. The van der Waals surface area contributed by atoms with Crippen molar-refractivity contribution in [2.45, 2.75) is 124 Å². The molecular weight excluding hydrogens is 492 g/mol. The van der Waals surface area contributed by atoms with Gasteiger partial charge in [-0.05, 0) is 59.3 Å². The van der Waals surface area contributed by atoms with Gasteiger partial charge in [0.25, 0.3) is 0 Å². The number of carboxylic acid groups (broad SMARTS) is 1. The number of amides is 2. The van der Waals surface area contributed by atoms with Crippen LogP contribution in [0, 0.1) is 17.3 Å². The van der Waals surface area contributed by atoms with Crippen LogP contribution in [0.3, 0.4) is 0 Å². The Hall–Kier alpha value is -2.49. The lowest BCUT2D eigenvalue weighted by molar-refractivity contribution is -0.152. The number of Topliss-reactive ketones (excluding diaryl/α,β-unsaturated/α-hetero) is 2. The van der Waals surface area contributed by atoms with Crippen LogP contribution in [0.1, 0.15) is 94.4 Å². The average Bonchev–Trinajstić information content (AvgIpc) is 3.11. The van der Waals surface area contributed by atoms with Crippen molar-refractivity contribution in [3.63, 3.8) is 0 Å². The molecule has 38 heavy (non-hydrogen) atoms. The summed E-state index contributed by atoms with van der Waals surface area (Å²) in [5, 5.41) is 12.0. The number of hydrogen-bond acceptors (Lipinski definition) is 7. The molecule has 0 aliphatic carbocycles. The van der Waals surface area contributed by atoms with Gasteiger partial charge in [-0.3, -0.25) is 14.4 Å². The van der Waals surface area contributed by atoms with E-state index in [0.29, 0.717) is 19.3 Å². The maximum atomic E-state index is 14.1. The molecule has 2 amide bonds. The number of ketones is 2. The van der Waals surface area contributed by atoms with Crippen LogP contribution in [0.5, 0.6) is 0 Å². The quantitative estimate of drug-likeness (QED) is 0.423. The molecule has 0 aromatic rings. The first-order valence-electron chi connectivity index (χ1n) is 13.5. The topological polar surface area (TPSA) is 139 Å². The molecule has 4 unspecified atom stereocenters. The number of likely N-dealkylation sites (tertiary alicyclic amines) is 1. The molecule has 5 atom stereocenters. The molecule has 0 radical (unpaired) electrons. The Balaban J connectivity index is 2.42. The second-order valence-corrected chi connectivity index (χ2v) is 13.3. The van der Waals surface area contributed by atoms with Crippen molar-refractivity contribution < 1.29 is 38.6 Å². The first kappa shape index (κ1) is 31.7. The number of rotatable bonds is 9. The Bertz CT molecular complexity index is 930. The third-order valence-electron chi connectivity index (χ3n) is 7.20. The minimum Gasteiger partial charge on any atom is -0.475 e. The monoisotopic (exact) mass is 538 g/mol. The number of nitrogens with zero attached hydrogens (tertiary/aromatic N) is 1. The summed E-state index contributed by atoms with van der Waals surface area (Å²) in [6.45, 7) is 16.5. The maximum Gasteiger partial charge on any atom is 0.408 e. The smallest absolute Gasteiger partial charge is 0.408 e. The average molecular weight is 539 g/mol. The summed E-state index contributed by atoms with van der Waals surface area (Å²) >= 11 is 0. The molecule has 0 aromatic carbocycles. The van der Waals surface area contributed by atoms with Crippen molar-refractivity contribution in [1.29, 1.82) is 0 Å². The summed E-state index contributed by atoms with van der Waals surface area (Å²) < 4.78 is 11.7. The number of fused-ring (bicyclic) bond motifs is 1. The summed E-state index contributed by atoms with van der Waals surface area (Å²) in [5.74, 6) is -4.59. The fourth-order valence-corrected chi connectivity index (χ4v) is 5.42. The van der Waals surface area contributed by atoms with E-state index >= 15 is 0 Å². The van der Waals surface area contributed by atoms with Crippen molar-refractivity contribution in [1.82, 2.24) is 10.2 Å². The van der Waals surface area contributed by atoms with Gasteiger partial charge in [-0.1, -0.05) is 34.1 Å². The Labute approximate surface area is 226 Å². The lowest BCUT2D eigenvalue weighted by Crippen LogP contribution is -2.58. The first-order chi connectivity index (χ1) is 17.3. The van der Waals surface area contributed by atoms with Gasteiger partial charge in [0.05, 0.1) is 17.7 Å². The number of ether oxygens (including phenoxy) is 2. The number of hydrogen-bond donors (Lipinski definition) is 2. The predicted octanol–water partition coefficient (Wildman–Crippen LogP) is 3.74. The number of nitrogens with one attached hydrogen (secondary N) is 1. The van der Waals surface area contributed by atoms with E-state index in [9.17, 15) is 29.1 Å². The summed E-state index contributed by atoms with van der Waals surface area (Å²) in [4.78, 5) is 65.7. The van der Waals surface area contributed by atoms with Crippen LogP contribution in [0.25, 0.3) is 0 Å². The first-order valence-corrected chi connectivity index (χ1v) is 13.5. The van der Waals surface area contributed by atoms with E-state index in [0.717, 1.165) is 0 Å². The van der Waals surface area contributed by atoms with Crippen molar-refractivity contribution >= 4 is 29.5 Å². The molecule has 10 nitrogen and oxygen atoms in total. The Morgan fingerprint density at radius 2 is 1.71 bits per heavy atom. The molecule has 0 spiro atoms. The SMILES string of the molecule is CCCC(CC(=O)C1C2CCC(C)(C)OC2CN1C(=O)[C@@H](NC(=O)OC(C)(C)C)C(C)(C)C)C(=O)C(=O)O. The highest BCUT2D eigenvalue weighted by molar-refractivity contribution is 6.33. The Kier molecular flexibility index (Phi) is 9.78. The van der Waals surface area contributed by atoms with E-state index in [1.165, 1.54) is 4.90 Å². The van der Waals surface area contributed by atoms with Crippen molar-refractivity contribution in [3.8, 4) is 0 Å². The molecule has 2 heterocycles. The van der Waals surface area contributed by atoms with Crippen LogP contribution in [0.4, 0.5) is 4.79 Å². The zero-order valence-corrected chi connectivity index (χ0v) is 24.4. The van der Waals surface area contributed by atoms with E-state index in [-0.39, 0.29) is 31.1 Å². The fraction of sp³-hybridized carbons (Fsp3) is 0.821. The zero-order chi connectivity index (χ0) is 29.2. The van der Waals surface area contributed by atoms with Gasteiger partial charge < -0.3 is 24.8 Å². The van der Waals surface area contributed by atoms with Crippen LogP contribution in [-0.2, 0) is 28.7 Å². The standard InChI is InChI=1S/C28H46N2O8/c1-10-11-16(21(32)24(34)35)14-18(31)20-17-12-13-28(8,9)37-19(17)15-30(20)23(33)22(26(2,3)4)29-25(36)38-27(5,6)7/h16-17,19-20,22H,10-15H2,1-9H3,(H,29,36)(H,34,35)/t16?,17?,19?,20?,22-/m1/s1. The van der Waals surface area contributed by atoms with Gasteiger partial charge in [-0.15, -0.1) is 0 Å². The summed E-state index contributed by atoms with van der Waals surface area (Å²) in [6, 6.07) is -1.87. The van der Waals surface area contributed by atoms with Gasteiger partial charge in [0, 0.05) is 24.8 Å². The van der Waals surface area contributed by atoms with E-state index < -0.39 is 64.5 Å². The molecule has 2 saturated heterocycles. The normalized spacial score (nSPS) is 24.7. The van der Waals surface area contributed by atoms with E-state index in [2.05, 4.69) is 5.32 Å². The van der Waals surface area contributed by atoms with Crippen molar-refractivity contribution in [2.75, 3.05) is 6.54 Å². The second-order valence-electron chi connectivity index (χ2n) is 13.3. The molecule has 2 rings (SSSR count). The lowest BCUT2D eigenvalue weighted by atomic mass is 9.80. The number of aliphatic carboxylic acids is 1. The van der Waals surface area contributed by atoms with Gasteiger partial charge >= 0.3 is 12.1 Å². The van der Waals surface area contributed by atoms with Gasteiger partial charge in [-0.25, -0.2) is 9.59 Å². The molecular formula is C28H46N2O8. The predicted molar refractivity (Wildman–Crippen MR) is 140 cm³/mol. The van der Waals surface area contributed by atoms with Crippen LogP contribution in [0.2, 0.25) is 0 Å². The summed E-state index contributed by atoms with van der Waals surface area (Å²) in [7, 11) is 0. The van der Waals surface area contributed by atoms with E-state index in [1.807, 2.05) is 41.5 Å². The van der Waals surface area contributed by atoms with Crippen LogP contribution in [-0.4, -0.2) is 75.5 Å². The van der Waals surface area contributed by atoms with Crippen LogP contribution in [0.15, 0.2) is 0 Å². The number of alkyl carbamates (subject to hydrolysis) is 1. The maximum absolute atomic E-state index is 14.1. The molecule has 0 aromatic heterocycles. The molecule has 2 aliphatic heterocycles. The Morgan fingerprint density at radius 1 is 1.11 bits per heavy atom. The van der Waals surface area contributed by atoms with Gasteiger partial charge in [-0.2, -0.15) is 0 Å². The third kappa shape index (κ3) is 8.01. The fourth-order valence-electron chi connectivity index (χ4n) is 5.42. The van der Waals surface area contributed by atoms with Gasteiger partial charge in [0.15, 0.2) is 5.78 Å². The van der Waals surface area contributed by atoms with Crippen LogP contribution >= 0.6 is 0 Å². The minimum absolute atomic E-state index is 0.164. The van der Waals surface area contributed by atoms with Crippen molar-refractivity contribution in [3.05, 3.63) is 0 Å².